The molecular formula is C19H18N4O4S. The zero-order valence-electron chi connectivity index (χ0n) is 15.1. The van der Waals surface area contributed by atoms with Crippen LogP contribution in [-0.4, -0.2) is 28.7 Å². The van der Waals surface area contributed by atoms with Crippen molar-refractivity contribution < 1.29 is 18.7 Å². The first-order chi connectivity index (χ1) is 13.7. The SMILES string of the molecule is CCOc1ccc(-c2noc(CNC(=S)Nc3ccc4c(c3)OCO4)n2)cc1. The van der Waals surface area contributed by atoms with Crippen molar-refractivity contribution in [3.63, 3.8) is 0 Å². The predicted octanol–water partition coefficient (Wildman–Crippen LogP) is 3.35. The Hall–Kier alpha value is -3.33. The maximum atomic E-state index is 5.43. The zero-order valence-corrected chi connectivity index (χ0v) is 15.9. The van der Waals surface area contributed by atoms with Gasteiger partial charge in [0.15, 0.2) is 16.6 Å². The summed E-state index contributed by atoms with van der Waals surface area (Å²) in [6, 6.07) is 13.0. The van der Waals surface area contributed by atoms with Gasteiger partial charge in [-0.05, 0) is 55.5 Å². The average Bonchev–Trinajstić information content (AvgIpc) is 3.36. The monoisotopic (exact) mass is 398 g/mol. The summed E-state index contributed by atoms with van der Waals surface area (Å²) in [5, 5.41) is 10.5. The van der Waals surface area contributed by atoms with Gasteiger partial charge < -0.3 is 29.4 Å². The van der Waals surface area contributed by atoms with Crippen molar-refractivity contribution in [1.82, 2.24) is 15.5 Å². The van der Waals surface area contributed by atoms with E-state index in [2.05, 4.69) is 20.8 Å². The topological polar surface area (TPSA) is 90.7 Å². The summed E-state index contributed by atoms with van der Waals surface area (Å²) >= 11 is 5.30. The van der Waals surface area contributed by atoms with Crippen LogP contribution in [0.5, 0.6) is 17.2 Å². The Kier molecular flexibility index (Phi) is 5.24. The number of nitrogens with one attached hydrogen (secondary N) is 2. The summed E-state index contributed by atoms with van der Waals surface area (Å²) in [6.45, 7) is 3.10. The van der Waals surface area contributed by atoms with Gasteiger partial charge in [0, 0.05) is 17.3 Å². The maximum Gasteiger partial charge on any atom is 0.246 e. The third-order valence-electron chi connectivity index (χ3n) is 3.92. The molecule has 0 radical (unpaired) electrons. The van der Waals surface area contributed by atoms with Crippen molar-refractivity contribution in [3.05, 3.63) is 48.4 Å². The first-order valence-corrected chi connectivity index (χ1v) is 9.12. The third-order valence-corrected chi connectivity index (χ3v) is 4.17. The maximum absolute atomic E-state index is 5.43. The van der Waals surface area contributed by atoms with E-state index in [1.807, 2.05) is 49.4 Å². The number of rotatable bonds is 6. The van der Waals surface area contributed by atoms with E-state index in [1.165, 1.54) is 0 Å². The van der Waals surface area contributed by atoms with Crippen LogP contribution in [0.1, 0.15) is 12.8 Å². The molecule has 2 heterocycles. The van der Waals surface area contributed by atoms with E-state index < -0.39 is 0 Å². The van der Waals surface area contributed by atoms with Crippen molar-refractivity contribution >= 4 is 23.0 Å². The Balaban J connectivity index is 1.32. The lowest BCUT2D eigenvalue weighted by Gasteiger charge is -2.09. The molecular weight excluding hydrogens is 380 g/mol. The Labute approximate surface area is 166 Å². The lowest BCUT2D eigenvalue weighted by atomic mass is 10.2. The molecule has 8 nitrogen and oxygen atoms in total. The summed E-state index contributed by atoms with van der Waals surface area (Å²) in [5.74, 6) is 3.14. The fourth-order valence-electron chi connectivity index (χ4n) is 2.62. The Morgan fingerprint density at radius 3 is 2.79 bits per heavy atom. The molecule has 1 aliphatic heterocycles. The van der Waals surface area contributed by atoms with Gasteiger partial charge in [-0.3, -0.25) is 0 Å². The molecule has 1 aromatic heterocycles. The molecule has 0 amide bonds. The van der Waals surface area contributed by atoms with Crippen molar-refractivity contribution in [2.24, 2.45) is 0 Å². The van der Waals surface area contributed by atoms with Gasteiger partial charge in [0.2, 0.25) is 18.5 Å². The molecule has 144 valence electrons. The second-order valence-corrected chi connectivity index (χ2v) is 6.25. The number of anilines is 1. The van der Waals surface area contributed by atoms with Crippen LogP contribution in [0.4, 0.5) is 5.69 Å². The molecule has 0 unspecified atom stereocenters. The van der Waals surface area contributed by atoms with Gasteiger partial charge in [-0.15, -0.1) is 0 Å². The molecule has 28 heavy (non-hydrogen) atoms. The highest BCUT2D eigenvalue weighted by atomic mass is 32.1. The second kappa shape index (κ2) is 8.13. The number of fused-ring (bicyclic) bond motifs is 1. The fraction of sp³-hybridized carbons (Fsp3) is 0.211. The number of hydrogen-bond acceptors (Lipinski definition) is 7. The van der Waals surface area contributed by atoms with Crippen LogP contribution >= 0.6 is 12.2 Å². The smallest absolute Gasteiger partial charge is 0.246 e. The standard InChI is InChI=1S/C19H18N4O4S/c1-2-24-14-6-3-12(4-7-14)18-22-17(27-23-18)10-20-19(28)21-13-5-8-15-16(9-13)26-11-25-15/h3-9H,2,10-11H2,1H3,(H2,20,21,28). The van der Waals surface area contributed by atoms with E-state index >= 15 is 0 Å². The molecule has 0 bridgehead atoms. The van der Waals surface area contributed by atoms with Gasteiger partial charge >= 0.3 is 0 Å². The lowest BCUT2D eigenvalue weighted by molar-refractivity contribution is 0.174. The quantitative estimate of drug-likeness (QED) is 0.607. The molecule has 0 saturated carbocycles. The van der Waals surface area contributed by atoms with Crippen LogP contribution in [-0.2, 0) is 6.54 Å². The van der Waals surface area contributed by atoms with Gasteiger partial charge in [0.05, 0.1) is 13.2 Å². The van der Waals surface area contributed by atoms with E-state index in [4.69, 9.17) is 31.0 Å². The second-order valence-electron chi connectivity index (χ2n) is 5.84. The number of thiocarbonyl (C=S) groups is 1. The van der Waals surface area contributed by atoms with Crippen LogP contribution in [0.15, 0.2) is 47.0 Å². The summed E-state index contributed by atoms with van der Waals surface area (Å²) in [4.78, 5) is 4.38. The largest absolute Gasteiger partial charge is 0.494 e. The summed E-state index contributed by atoms with van der Waals surface area (Å²) in [6.07, 6.45) is 0. The molecule has 0 fully saturated rings. The highest BCUT2D eigenvalue weighted by molar-refractivity contribution is 7.80. The lowest BCUT2D eigenvalue weighted by Crippen LogP contribution is -2.27. The normalized spacial score (nSPS) is 11.9. The Bertz CT molecular complexity index is 974. The fourth-order valence-corrected chi connectivity index (χ4v) is 2.81. The van der Waals surface area contributed by atoms with Crippen molar-refractivity contribution in [3.8, 4) is 28.6 Å². The van der Waals surface area contributed by atoms with E-state index in [0.717, 1.165) is 22.7 Å². The summed E-state index contributed by atoms with van der Waals surface area (Å²) in [7, 11) is 0. The zero-order chi connectivity index (χ0) is 19.3. The van der Waals surface area contributed by atoms with Crippen molar-refractivity contribution in [1.29, 1.82) is 0 Å². The van der Waals surface area contributed by atoms with Gasteiger partial charge in [-0.2, -0.15) is 4.98 Å². The number of ether oxygens (including phenoxy) is 3. The first kappa shape index (κ1) is 18.1. The van der Waals surface area contributed by atoms with Crippen LogP contribution in [0.3, 0.4) is 0 Å². The van der Waals surface area contributed by atoms with E-state index in [9.17, 15) is 0 Å². The number of aromatic nitrogens is 2. The molecule has 4 rings (SSSR count). The molecule has 2 aromatic carbocycles. The summed E-state index contributed by atoms with van der Waals surface area (Å²) < 4.78 is 21.3. The van der Waals surface area contributed by atoms with Crippen LogP contribution in [0, 0.1) is 0 Å². The molecule has 0 atom stereocenters. The molecule has 0 saturated heterocycles. The average molecular weight is 398 g/mol. The Morgan fingerprint density at radius 1 is 1.14 bits per heavy atom. The minimum Gasteiger partial charge on any atom is -0.494 e. The molecule has 2 N–H and O–H groups in total. The van der Waals surface area contributed by atoms with Crippen LogP contribution in [0.25, 0.3) is 11.4 Å². The number of benzene rings is 2. The minimum absolute atomic E-state index is 0.231. The molecule has 3 aromatic rings. The van der Waals surface area contributed by atoms with Crippen molar-refractivity contribution in [2.75, 3.05) is 18.7 Å². The van der Waals surface area contributed by atoms with Crippen LogP contribution < -0.4 is 24.8 Å². The molecule has 0 spiro atoms. The highest BCUT2D eigenvalue weighted by Gasteiger charge is 2.14. The van der Waals surface area contributed by atoms with Crippen molar-refractivity contribution in [2.45, 2.75) is 13.5 Å². The van der Waals surface area contributed by atoms with E-state index in [1.54, 1.807) is 0 Å². The molecule has 9 heteroatoms. The first-order valence-electron chi connectivity index (χ1n) is 8.71. The number of hydrogen-bond donors (Lipinski definition) is 2. The van der Waals surface area contributed by atoms with Gasteiger partial charge in [-0.1, -0.05) is 5.16 Å². The minimum atomic E-state index is 0.231. The highest BCUT2D eigenvalue weighted by Crippen LogP contribution is 2.34. The molecule has 1 aliphatic rings. The van der Waals surface area contributed by atoms with Gasteiger partial charge in [0.1, 0.15) is 5.75 Å². The van der Waals surface area contributed by atoms with E-state index in [0.29, 0.717) is 35.7 Å². The van der Waals surface area contributed by atoms with Gasteiger partial charge in [-0.25, -0.2) is 0 Å². The molecule has 0 aliphatic carbocycles. The predicted molar refractivity (Wildman–Crippen MR) is 107 cm³/mol. The number of nitrogens with zero attached hydrogens (tertiary/aromatic N) is 2. The van der Waals surface area contributed by atoms with Gasteiger partial charge in [0.25, 0.3) is 0 Å². The van der Waals surface area contributed by atoms with Crippen LogP contribution in [0.2, 0.25) is 0 Å². The third kappa shape index (κ3) is 4.15. The summed E-state index contributed by atoms with van der Waals surface area (Å²) in [5.41, 5.74) is 1.64. The Morgan fingerprint density at radius 2 is 1.96 bits per heavy atom. The van der Waals surface area contributed by atoms with E-state index in [-0.39, 0.29) is 6.79 Å².